The average molecular weight is 293 g/mol. The molecule has 0 bridgehead atoms. The highest BCUT2D eigenvalue weighted by Gasteiger charge is 2.30. The minimum absolute atomic E-state index is 0.163. The second-order valence-electron chi connectivity index (χ2n) is 5.04. The predicted molar refractivity (Wildman–Crippen MR) is 74.0 cm³/mol. The van der Waals surface area contributed by atoms with Crippen LogP contribution in [0.2, 0.25) is 0 Å². The summed E-state index contributed by atoms with van der Waals surface area (Å²) < 4.78 is 0. The van der Waals surface area contributed by atoms with E-state index in [4.69, 9.17) is 10.8 Å². The van der Waals surface area contributed by atoms with E-state index in [1.807, 2.05) is 0 Å². The Hall–Kier alpha value is -2.64. The van der Waals surface area contributed by atoms with Crippen LogP contribution in [-0.4, -0.2) is 27.9 Å². The van der Waals surface area contributed by atoms with Crippen molar-refractivity contribution in [3.05, 3.63) is 33.9 Å². The van der Waals surface area contributed by atoms with Crippen LogP contribution in [0.15, 0.2) is 18.2 Å². The van der Waals surface area contributed by atoms with E-state index in [9.17, 15) is 19.7 Å². The molecule has 0 spiro atoms. The standard InChI is InChI=1S/C13H15N3O5/c14-12(17)7-2-4-11(16(20)21)10(6-7)15-9-3-1-8(5-9)13(18)19/h2,4,6,8-9,15H,1,3,5H2,(H2,14,17)(H,18,19)/t8-,9+/m1/s1. The summed E-state index contributed by atoms with van der Waals surface area (Å²) >= 11 is 0. The smallest absolute Gasteiger partial charge is 0.306 e. The normalized spacial score (nSPS) is 21.0. The molecule has 1 aliphatic carbocycles. The summed E-state index contributed by atoms with van der Waals surface area (Å²) in [5.74, 6) is -1.98. The summed E-state index contributed by atoms with van der Waals surface area (Å²) in [6, 6.07) is 3.66. The van der Waals surface area contributed by atoms with Crippen molar-refractivity contribution >= 4 is 23.3 Å². The highest BCUT2D eigenvalue weighted by atomic mass is 16.6. The molecule has 4 N–H and O–H groups in total. The van der Waals surface area contributed by atoms with Crippen LogP contribution in [0.4, 0.5) is 11.4 Å². The molecule has 2 rings (SSSR count). The Kier molecular flexibility index (Phi) is 4.06. The van der Waals surface area contributed by atoms with E-state index in [-0.39, 0.29) is 23.0 Å². The van der Waals surface area contributed by atoms with E-state index in [0.717, 1.165) is 0 Å². The second-order valence-corrected chi connectivity index (χ2v) is 5.04. The van der Waals surface area contributed by atoms with Crippen LogP contribution in [0.25, 0.3) is 0 Å². The van der Waals surface area contributed by atoms with Gasteiger partial charge in [0.15, 0.2) is 0 Å². The van der Waals surface area contributed by atoms with Crippen LogP contribution < -0.4 is 11.1 Å². The molecule has 1 fully saturated rings. The molecule has 0 radical (unpaired) electrons. The number of carbonyl (C=O) groups is 2. The molecule has 1 amide bonds. The van der Waals surface area contributed by atoms with Crippen molar-refractivity contribution in [1.82, 2.24) is 0 Å². The Morgan fingerprint density at radius 1 is 1.38 bits per heavy atom. The molecule has 21 heavy (non-hydrogen) atoms. The van der Waals surface area contributed by atoms with Gasteiger partial charge in [0.2, 0.25) is 5.91 Å². The van der Waals surface area contributed by atoms with Gasteiger partial charge in [-0.25, -0.2) is 0 Å². The quantitative estimate of drug-likeness (QED) is 0.554. The predicted octanol–water partition coefficient (Wildman–Crippen LogP) is 1.36. The molecule has 1 aromatic rings. The van der Waals surface area contributed by atoms with Crippen molar-refractivity contribution in [3.63, 3.8) is 0 Å². The van der Waals surface area contributed by atoms with Crippen molar-refractivity contribution in [3.8, 4) is 0 Å². The Labute approximate surface area is 120 Å². The first-order valence-corrected chi connectivity index (χ1v) is 6.46. The third-order valence-corrected chi connectivity index (χ3v) is 3.62. The van der Waals surface area contributed by atoms with Gasteiger partial charge in [0.1, 0.15) is 5.69 Å². The molecule has 0 saturated heterocycles. The van der Waals surface area contributed by atoms with E-state index in [1.54, 1.807) is 0 Å². The van der Waals surface area contributed by atoms with Crippen molar-refractivity contribution < 1.29 is 19.6 Å². The molecule has 1 aromatic carbocycles. The highest BCUT2D eigenvalue weighted by molar-refractivity contribution is 5.94. The molecule has 0 aliphatic heterocycles. The second kappa shape index (κ2) is 5.78. The lowest BCUT2D eigenvalue weighted by Gasteiger charge is -2.14. The Bertz CT molecular complexity index is 601. The molecule has 1 aliphatic rings. The maximum Gasteiger partial charge on any atom is 0.306 e. The van der Waals surface area contributed by atoms with Gasteiger partial charge in [-0.15, -0.1) is 0 Å². The maximum atomic E-state index is 11.2. The number of primary amides is 1. The summed E-state index contributed by atoms with van der Waals surface area (Å²) in [7, 11) is 0. The largest absolute Gasteiger partial charge is 0.481 e. The van der Waals surface area contributed by atoms with Crippen LogP contribution in [0, 0.1) is 16.0 Å². The number of nitrogens with two attached hydrogens (primary N) is 1. The van der Waals surface area contributed by atoms with Gasteiger partial charge in [0.25, 0.3) is 5.69 Å². The molecule has 8 nitrogen and oxygen atoms in total. The van der Waals surface area contributed by atoms with E-state index in [2.05, 4.69) is 5.32 Å². The number of carboxylic acid groups (broad SMARTS) is 1. The van der Waals surface area contributed by atoms with Crippen LogP contribution in [0.1, 0.15) is 29.6 Å². The zero-order valence-electron chi connectivity index (χ0n) is 11.1. The van der Waals surface area contributed by atoms with Crippen LogP contribution in [0.5, 0.6) is 0 Å². The number of hydrogen-bond acceptors (Lipinski definition) is 5. The van der Waals surface area contributed by atoms with Crippen molar-refractivity contribution in [2.75, 3.05) is 5.32 Å². The number of carbonyl (C=O) groups excluding carboxylic acids is 1. The first-order chi connectivity index (χ1) is 9.88. The molecule has 0 heterocycles. The minimum atomic E-state index is -0.861. The maximum absolute atomic E-state index is 11.2. The lowest BCUT2D eigenvalue weighted by Crippen LogP contribution is -2.19. The molecule has 0 unspecified atom stereocenters. The third-order valence-electron chi connectivity index (χ3n) is 3.62. The lowest BCUT2D eigenvalue weighted by atomic mass is 10.1. The number of nitrogens with zero attached hydrogens (tertiary/aromatic N) is 1. The van der Waals surface area contributed by atoms with Gasteiger partial charge in [0.05, 0.1) is 10.8 Å². The number of amides is 1. The molecular formula is C13H15N3O5. The van der Waals surface area contributed by atoms with Gasteiger partial charge < -0.3 is 16.2 Å². The highest BCUT2D eigenvalue weighted by Crippen LogP contribution is 2.32. The summed E-state index contributed by atoms with van der Waals surface area (Å²) in [6.45, 7) is 0. The van der Waals surface area contributed by atoms with Crippen LogP contribution >= 0.6 is 0 Å². The summed E-state index contributed by atoms with van der Waals surface area (Å²) in [4.78, 5) is 32.5. The number of rotatable bonds is 5. The fraction of sp³-hybridized carbons (Fsp3) is 0.385. The molecule has 0 aromatic heterocycles. The zero-order chi connectivity index (χ0) is 15.6. The number of nitro benzene ring substituents is 1. The number of anilines is 1. The molecule has 8 heteroatoms. The number of hydrogen-bond donors (Lipinski definition) is 3. The van der Waals surface area contributed by atoms with Gasteiger partial charge >= 0.3 is 5.97 Å². The summed E-state index contributed by atoms with van der Waals surface area (Å²) in [6.07, 6.45) is 1.53. The van der Waals surface area contributed by atoms with Gasteiger partial charge in [-0.1, -0.05) is 0 Å². The fourth-order valence-electron chi connectivity index (χ4n) is 2.52. The van der Waals surface area contributed by atoms with Gasteiger partial charge in [-0.3, -0.25) is 19.7 Å². The van der Waals surface area contributed by atoms with E-state index < -0.39 is 22.7 Å². The summed E-state index contributed by atoms with van der Waals surface area (Å²) in [5.41, 5.74) is 5.35. The van der Waals surface area contributed by atoms with Gasteiger partial charge in [-0.2, -0.15) is 0 Å². The van der Waals surface area contributed by atoms with Crippen LogP contribution in [-0.2, 0) is 4.79 Å². The zero-order valence-corrected chi connectivity index (χ0v) is 11.1. The number of benzene rings is 1. The van der Waals surface area contributed by atoms with E-state index in [1.165, 1.54) is 18.2 Å². The van der Waals surface area contributed by atoms with E-state index in [0.29, 0.717) is 19.3 Å². The number of nitrogens with one attached hydrogen (secondary N) is 1. The number of carboxylic acids is 1. The first kappa shape index (κ1) is 14.8. The molecule has 2 atom stereocenters. The molecule has 112 valence electrons. The monoisotopic (exact) mass is 293 g/mol. The molecular weight excluding hydrogens is 278 g/mol. The average Bonchev–Trinajstić information content (AvgIpc) is 2.87. The Morgan fingerprint density at radius 3 is 2.62 bits per heavy atom. The lowest BCUT2D eigenvalue weighted by molar-refractivity contribution is -0.384. The van der Waals surface area contributed by atoms with Gasteiger partial charge in [-0.05, 0) is 31.4 Å². The third kappa shape index (κ3) is 3.28. The van der Waals surface area contributed by atoms with Crippen molar-refractivity contribution in [1.29, 1.82) is 0 Å². The first-order valence-electron chi connectivity index (χ1n) is 6.46. The Balaban J connectivity index is 2.22. The fourth-order valence-corrected chi connectivity index (χ4v) is 2.52. The number of nitro groups is 1. The van der Waals surface area contributed by atoms with Gasteiger partial charge in [0, 0.05) is 17.7 Å². The Morgan fingerprint density at radius 2 is 2.10 bits per heavy atom. The van der Waals surface area contributed by atoms with E-state index >= 15 is 0 Å². The minimum Gasteiger partial charge on any atom is -0.481 e. The topological polar surface area (TPSA) is 136 Å². The number of aliphatic carboxylic acids is 1. The SMILES string of the molecule is NC(=O)c1ccc([N+](=O)[O-])c(N[C@H]2CC[C@@H](C(=O)O)C2)c1. The summed E-state index contributed by atoms with van der Waals surface area (Å²) in [5, 5.41) is 22.9. The van der Waals surface area contributed by atoms with Crippen molar-refractivity contribution in [2.24, 2.45) is 11.7 Å². The van der Waals surface area contributed by atoms with Crippen molar-refractivity contribution in [2.45, 2.75) is 25.3 Å². The van der Waals surface area contributed by atoms with Crippen LogP contribution in [0.3, 0.4) is 0 Å². The molecule has 1 saturated carbocycles.